The van der Waals surface area contributed by atoms with Gasteiger partial charge in [0, 0.05) is 6.54 Å². The van der Waals surface area contributed by atoms with Gasteiger partial charge in [-0.25, -0.2) is 13.9 Å². The second-order valence-corrected chi connectivity index (χ2v) is 4.55. The molecule has 2 rings (SSSR count). The molecule has 0 bridgehead atoms. The minimum absolute atomic E-state index is 0.0568. The van der Waals surface area contributed by atoms with E-state index in [1.807, 2.05) is 0 Å². The van der Waals surface area contributed by atoms with Crippen LogP contribution in [0.1, 0.15) is 12.5 Å². The topological polar surface area (TPSA) is 98.1 Å². The van der Waals surface area contributed by atoms with E-state index in [0.29, 0.717) is 0 Å². The van der Waals surface area contributed by atoms with E-state index >= 15 is 0 Å². The van der Waals surface area contributed by atoms with Gasteiger partial charge in [-0.05, 0) is 24.6 Å². The summed E-state index contributed by atoms with van der Waals surface area (Å²) in [6, 6.07) is 5.83. The fraction of sp³-hybridized carbons (Fsp3) is 0.286. The molecule has 1 aromatic carbocycles. The fourth-order valence-corrected chi connectivity index (χ4v) is 1.71. The molecule has 2 N–H and O–H groups in total. The van der Waals surface area contributed by atoms with E-state index in [1.54, 1.807) is 19.1 Å². The predicted octanol–water partition coefficient (Wildman–Crippen LogP) is 1.30. The van der Waals surface area contributed by atoms with E-state index in [2.05, 4.69) is 20.9 Å². The van der Waals surface area contributed by atoms with Crippen LogP contribution in [-0.2, 0) is 22.6 Å². The normalized spacial score (nSPS) is 10.2. The Morgan fingerprint density at radius 1 is 1.30 bits per heavy atom. The first-order valence-electron chi connectivity index (χ1n) is 6.92. The van der Waals surface area contributed by atoms with Crippen LogP contribution in [-0.4, -0.2) is 33.6 Å². The highest BCUT2D eigenvalue weighted by molar-refractivity contribution is 5.83. The quantitative estimate of drug-likeness (QED) is 0.836. The molecule has 8 nitrogen and oxygen atoms in total. The van der Waals surface area contributed by atoms with Gasteiger partial charge in [0.2, 0.25) is 5.91 Å². The number of anilines is 1. The summed E-state index contributed by atoms with van der Waals surface area (Å²) in [6.45, 7) is 2.15. The van der Waals surface area contributed by atoms with Crippen molar-refractivity contribution in [2.24, 2.45) is 0 Å². The summed E-state index contributed by atoms with van der Waals surface area (Å²) >= 11 is 0. The van der Waals surface area contributed by atoms with Crippen LogP contribution in [0.5, 0.6) is 0 Å². The number of rotatable bonds is 6. The first-order chi connectivity index (χ1) is 11.1. The smallest absolute Gasteiger partial charge is 0.412 e. The number of nitrogens with zero attached hydrogens (tertiary/aromatic N) is 3. The van der Waals surface area contributed by atoms with Gasteiger partial charge in [-0.1, -0.05) is 17.3 Å². The molecule has 23 heavy (non-hydrogen) atoms. The summed E-state index contributed by atoms with van der Waals surface area (Å²) in [5.74, 6) is -0.430. The number of ether oxygens (including phenoxy) is 1. The number of benzene rings is 1. The molecule has 9 heteroatoms. The number of hydrogen-bond donors (Lipinski definition) is 2. The lowest BCUT2D eigenvalue weighted by Crippen LogP contribution is -2.27. The van der Waals surface area contributed by atoms with E-state index < -0.39 is 6.09 Å². The molecule has 2 aromatic rings. The Bertz CT molecular complexity index is 671. The summed E-state index contributed by atoms with van der Waals surface area (Å²) < 4.78 is 18.7. The van der Waals surface area contributed by atoms with Crippen LogP contribution >= 0.6 is 0 Å². The Morgan fingerprint density at radius 3 is 2.74 bits per heavy atom. The molecular formula is C14H16FN5O3. The van der Waals surface area contributed by atoms with Crippen molar-refractivity contribution in [1.29, 1.82) is 0 Å². The number of amides is 2. The number of carbonyl (C=O) groups is 2. The first-order valence-corrected chi connectivity index (χ1v) is 6.92. The molecule has 0 saturated heterocycles. The lowest BCUT2D eigenvalue weighted by atomic mass is 10.2. The van der Waals surface area contributed by atoms with Crippen LogP contribution in [0.2, 0.25) is 0 Å². The Balaban J connectivity index is 1.80. The summed E-state index contributed by atoms with van der Waals surface area (Å²) in [5, 5.41) is 12.5. The van der Waals surface area contributed by atoms with Crippen LogP contribution in [0, 0.1) is 5.82 Å². The van der Waals surface area contributed by atoms with Crippen LogP contribution in [0.15, 0.2) is 30.5 Å². The average molecular weight is 321 g/mol. The van der Waals surface area contributed by atoms with Crippen molar-refractivity contribution < 1.29 is 18.7 Å². The molecular weight excluding hydrogens is 305 g/mol. The molecule has 1 aromatic heterocycles. The molecule has 122 valence electrons. The Hall–Kier alpha value is -2.97. The number of halogens is 1. The van der Waals surface area contributed by atoms with Crippen molar-refractivity contribution >= 4 is 17.8 Å². The van der Waals surface area contributed by atoms with Gasteiger partial charge in [0.15, 0.2) is 5.82 Å². The van der Waals surface area contributed by atoms with Crippen LogP contribution in [0.3, 0.4) is 0 Å². The van der Waals surface area contributed by atoms with Crippen LogP contribution < -0.4 is 10.6 Å². The molecule has 0 aliphatic heterocycles. The Morgan fingerprint density at radius 2 is 2.04 bits per heavy atom. The lowest BCUT2D eigenvalue weighted by Gasteiger charge is -2.05. The maximum Gasteiger partial charge on any atom is 0.412 e. The molecule has 0 radical (unpaired) electrons. The van der Waals surface area contributed by atoms with Crippen molar-refractivity contribution in [2.75, 3.05) is 11.9 Å². The molecule has 1 heterocycles. The van der Waals surface area contributed by atoms with Crippen molar-refractivity contribution in [2.45, 2.75) is 20.0 Å². The van der Waals surface area contributed by atoms with Crippen LogP contribution in [0.4, 0.5) is 15.0 Å². The number of aromatic nitrogens is 3. The molecule has 0 aliphatic carbocycles. The molecule has 2 amide bonds. The second kappa shape index (κ2) is 7.87. The van der Waals surface area contributed by atoms with Crippen molar-refractivity contribution in [3.63, 3.8) is 0 Å². The van der Waals surface area contributed by atoms with Gasteiger partial charge in [-0.15, -0.1) is 5.10 Å². The zero-order valence-corrected chi connectivity index (χ0v) is 12.5. The maximum absolute atomic E-state index is 12.8. The highest BCUT2D eigenvalue weighted by Crippen LogP contribution is 2.03. The average Bonchev–Trinajstić information content (AvgIpc) is 2.94. The zero-order valence-electron chi connectivity index (χ0n) is 12.5. The van der Waals surface area contributed by atoms with E-state index in [4.69, 9.17) is 4.74 Å². The van der Waals surface area contributed by atoms with Crippen molar-refractivity contribution in [3.05, 3.63) is 41.8 Å². The summed E-state index contributed by atoms with van der Waals surface area (Å²) in [5.41, 5.74) is 0.781. The number of carbonyl (C=O) groups excluding carboxylic acids is 2. The SMILES string of the molecule is CCOC(=O)Nc1cn(CC(=O)NCc2ccc(F)cc2)nn1. The fourth-order valence-electron chi connectivity index (χ4n) is 1.71. The highest BCUT2D eigenvalue weighted by Gasteiger charge is 2.08. The third kappa shape index (κ3) is 5.38. The Kier molecular flexibility index (Phi) is 5.61. The molecule has 0 unspecified atom stereocenters. The van der Waals surface area contributed by atoms with Gasteiger partial charge in [-0.3, -0.25) is 10.1 Å². The zero-order chi connectivity index (χ0) is 16.7. The molecule has 0 atom stereocenters. The highest BCUT2D eigenvalue weighted by atomic mass is 19.1. The van der Waals surface area contributed by atoms with E-state index in [9.17, 15) is 14.0 Å². The van der Waals surface area contributed by atoms with Gasteiger partial charge < -0.3 is 10.1 Å². The minimum Gasteiger partial charge on any atom is -0.450 e. The first kappa shape index (κ1) is 16.4. The van der Waals surface area contributed by atoms with Gasteiger partial charge in [0.1, 0.15) is 12.4 Å². The van der Waals surface area contributed by atoms with Gasteiger partial charge in [0.25, 0.3) is 0 Å². The monoisotopic (exact) mass is 321 g/mol. The van der Waals surface area contributed by atoms with E-state index in [0.717, 1.165) is 5.56 Å². The number of nitrogens with one attached hydrogen (secondary N) is 2. The summed E-state index contributed by atoms with van der Waals surface area (Å²) in [4.78, 5) is 23.0. The van der Waals surface area contributed by atoms with E-state index in [-0.39, 0.29) is 37.2 Å². The van der Waals surface area contributed by atoms with Crippen molar-refractivity contribution in [1.82, 2.24) is 20.3 Å². The minimum atomic E-state index is -0.639. The lowest BCUT2D eigenvalue weighted by molar-refractivity contribution is -0.122. The largest absolute Gasteiger partial charge is 0.450 e. The third-order valence-electron chi connectivity index (χ3n) is 2.75. The number of hydrogen-bond acceptors (Lipinski definition) is 5. The van der Waals surface area contributed by atoms with E-state index in [1.165, 1.54) is 23.0 Å². The molecule has 0 spiro atoms. The molecule has 0 aliphatic rings. The standard InChI is InChI=1S/C14H16FN5O3/c1-2-23-14(22)17-12-8-20(19-18-12)9-13(21)16-7-10-3-5-11(15)6-4-10/h3-6,8H,2,7,9H2,1H3,(H,16,21)(H,17,22). The van der Waals surface area contributed by atoms with Gasteiger partial charge in [-0.2, -0.15) is 0 Å². The molecule has 0 fully saturated rings. The van der Waals surface area contributed by atoms with Crippen LogP contribution in [0.25, 0.3) is 0 Å². The Labute approximate surface area is 131 Å². The summed E-state index contributed by atoms with van der Waals surface area (Å²) in [7, 11) is 0. The maximum atomic E-state index is 12.8. The van der Waals surface area contributed by atoms with Gasteiger partial charge in [0.05, 0.1) is 12.8 Å². The van der Waals surface area contributed by atoms with Gasteiger partial charge >= 0.3 is 6.09 Å². The summed E-state index contributed by atoms with van der Waals surface area (Å²) in [6.07, 6.45) is 0.773. The third-order valence-corrected chi connectivity index (χ3v) is 2.75. The van der Waals surface area contributed by atoms with Crippen molar-refractivity contribution in [3.8, 4) is 0 Å². The second-order valence-electron chi connectivity index (χ2n) is 4.55. The molecule has 0 saturated carbocycles. The predicted molar refractivity (Wildman–Crippen MR) is 78.9 cm³/mol.